The average Bonchev–Trinajstić information content (AvgIpc) is 2.30. The SMILES string of the molecule is CC(C)CN(CCN(C)C)C(=O)N(C)C(C)C(=O)O. The number of hydrogen-bond donors (Lipinski definition) is 1. The Morgan fingerprint density at radius 3 is 1.95 bits per heavy atom. The third-order valence-electron chi connectivity index (χ3n) is 2.91. The molecule has 0 fully saturated rings. The van der Waals surface area contributed by atoms with Crippen LogP contribution in [0.25, 0.3) is 0 Å². The second kappa shape index (κ2) is 7.99. The molecule has 1 atom stereocenters. The molecule has 1 unspecified atom stereocenters. The second-order valence-electron chi connectivity index (χ2n) is 5.55. The number of amides is 2. The average molecular weight is 273 g/mol. The number of hydrogen-bond acceptors (Lipinski definition) is 3. The molecule has 0 aromatic rings. The van der Waals surface area contributed by atoms with E-state index in [2.05, 4.69) is 0 Å². The van der Waals surface area contributed by atoms with Crippen molar-refractivity contribution in [3.05, 3.63) is 0 Å². The Bertz CT molecular complexity index is 306. The Morgan fingerprint density at radius 1 is 1.05 bits per heavy atom. The molecule has 0 aliphatic carbocycles. The van der Waals surface area contributed by atoms with Crippen molar-refractivity contribution in [3.63, 3.8) is 0 Å². The van der Waals surface area contributed by atoms with Crippen molar-refractivity contribution in [2.75, 3.05) is 40.8 Å². The summed E-state index contributed by atoms with van der Waals surface area (Å²) < 4.78 is 0. The molecule has 19 heavy (non-hydrogen) atoms. The van der Waals surface area contributed by atoms with Crippen LogP contribution in [0.15, 0.2) is 0 Å². The summed E-state index contributed by atoms with van der Waals surface area (Å²) in [6.45, 7) is 7.57. The lowest BCUT2D eigenvalue weighted by Crippen LogP contribution is -2.50. The van der Waals surface area contributed by atoms with Crippen LogP contribution in [0, 0.1) is 5.92 Å². The predicted octanol–water partition coefficient (Wildman–Crippen LogP) is 1.03. The first kappa shape index (κ1) is 17.7. The molecule has 0 saturated heterocycles. The number of carboxylic acids is 1. The number of urea groups is 1. The van der Waals surface area contributed by atoms with E-state index in [4.69, 9.17) is 5.11 Å². The van der Waals surface area contributed by atoms with Crippen molar-refractivity contribution in [3.8, 4) is 0 Å². The molecule has 0 aliphatic heterocycles. The summed E-state index contributed by atoms with van der Waals surface area (Å²) in [7, 11) is 5.42. The van der Waals surface area contributed by atoms with E-state index >= 15 is 0 Å². The van der Waals surface area contributed by atoms with E-state index in [1.54, 1.807) is 4.90 Å². The summed E-state index contributed by atoms with van der Waals surface area (Å²) in [6, 6.07) is -1.05. The van der Waals surface area contributed by atoms with Crippen LogP contribution in [-0.2, 0) is 4.79 Å². The van der Waals surface area contributed by atoms with Crippen LogP contribution in [0.1, 0.15) is 20.8 Å². The van der Waals surface area contributed by atoms with Gasteiger partial charge in [0.05, 0.1) is 0 Å². The van der Waals surface area contributed by atoms with Gasteiger partial charge in [-0.15, -0.1) is 0 Å². The van der Waals surface area contributed by atoms with Crippen LogP contribution in [0.5, 0.6) is 0 Å². The molecule has 2 amide bonds. The summed E-state index contributed by atoms with van der Waals surface area (Å²) >= 11 is 0. The van der Waals surface area contributed by atoms with E-state index in [1.807, 2.05) is 32.8 Å². The van der Waals surface area contributed by atoms with Crippen molar-refractivity contribution >= 4 is 12.0 Å². The summed E-state index contributed by atoms with van der Waals surface area (Å²) in [5.41, 5.74) is 0. The normalized spacial score (nSPS) is 12.6. The maximum atomic E-state index is 12.3. The van der Waals surface area contributed by atoms with E-state index in [9.17, 15) is 9.59 Å². The molecule has 6 nitrogen and oxygen atoms in total. The lowest BCUT2D eigenvalue weighted by atomic mass is 10.2. The highest BCUT2D eigenvalue weighted by Crippen LogP contribution is 2.06. The largest absolute Gasteiger partial charge is 0.480 e. The Kier molecular flexibility index (Phi) is 7.44. The zero-order valence-electron chi connectivity index (χ0n) is 12.9. The molecule has 0 saturated carbocycles. The molecule has 0 rings (SSSR count). The number of rotatable bonds is 7. The van der Waals surface area contributed by atoms with Crippen molar-refractivity contribution < 1.29 is 14.7 Å². The highest BCUT2D eigenvalue weighted by Gasteiger charge is 2.26. The van der Waals surface area contributed by atoms with Gasteiger partial charge in [-0.05, 0) is 26.9 Å². The highest BCUT2D eigenvalue weighted by atomic mass is 16.4. The van der Waals surface area contributed by atoms with Crippen LogP contribution in [-0.4, -0.2) is 78.6 Å². The fourth-order valence-electron chi connectivity index (χ4n) is 1.58. The molecule has 0 aromatic carbocycles. The number of carbonyl (C=O) groups is 2. The number of carboxylic acid groups (broad SMARTS) is 1. The van der Waals surface area contributed by atoms with Gasteiger partial charge in [-0.1, -0.05) is 13.8 Å². The maximum absolute atomic E-state index is 12.3. The first-order chi connectivity index (χ1) is 8.66. The van der Waals surface area contributed by atoms with E-state index in [0.717, 1.165) is 6.54 Å². The van der Waals surface area contributed by atoms with E-state index in [-0.39, 0.29) is 6.03 Å². The zero-order valence-corrected chi connectivity index (χ0v) is 12.9. The topological polar surface area (TPSA) is 64.1 Å². The molecule has 0 bridgehead atoms. The van der Waals surface area contributed by atoms with Crippen LogP contribution in [0.3, 0.4) is 0 Å². The lowest BCUT2D eigenvalue weighted by molar-refractivity contribution is -0.141. The van der Waals surface area contributed by atoms with Crippen molar-refractivity contribution in [2.45, 2.75) is 26.8 Å². The number of likely N-dealkylation sites (N-methyl/N-ethyl adjacent to an activating group) is 2. The fourth-order valence-corrected chi connectivity index (χ4v) is 1.58. The summed E-state index contributed by atoms with van der Waals surface area (Å²) in [5.74, 6) is -0.646. The Balaban J connectivity index is 4.73. The van der Waals surface area contributed by atoms with Gasteiger partial charge in [0, 0.05) is 26.7 Å². The second-order valence-corrected chi connectivity index (χ2v) is 5.55. The predicted molar refractivity (Wildman–Crippen MR) is 75.2 cm³/mol. The van der Waals surface area contributed by atoms with Crippen LogP contribution in [0.4, 0.5) is 4.79 Å². The minimum absolute atomic E-state index is 0.231. The van der Waals surface area contributed by atoms with Crippen molar-refractivity contribution in [2.24, 2.45) is 5.92 Å². The van der Waals surface area contributed by atoms with Crippen LogP contribution >= 0.6 is 0 Å². The smallest absolute Gasteiger partial charge is 0.326 e. The fraction of sp³-hybridized carbons (Fsp3) is 0.846. The molecule has 0 aromatic heterocycles. The van der Waals surface area contributed by atoms with Crippen molar-refractivity contribution in [1.29, 1.82) is 0 Å². The van der Waals surface area contributed by atoms with Gasteiger partial charge >= 0.3 is 12.0 Å². The Labute approximate surface area is 116 Å². The molecule has 6 heteroatoms. The molecular formula is C13H27N3O3. The van der Waals surface area contributed by atoms with Gasteiger partial charge in [0.25, 0.3) is 0 Å². The van der Waals surface area contributed by atoms with Gasteiger partial charge in [0.15, 0.2) is 0 Å². The summed E-state index contributed by atoms with van der Waals surface area (Å²) in [5, 5.41) is 8.96. The van der Waals surface area contributed by atoms with Gasteiger partial charge < -0.3 is 19.8 Å². The quantitative estimate of drug-likeness (QED) is 0.752. The molecule has 1 N–H and O–H groups in total. The molecular weight excluding hydrogens is 246 g/mol. The summed E-state index contributed by atoms with van der Waals surface area (Å²) in [6.07, 6.45) is 0. The maximum Gasteiger partial charge on any atom is 0.326 e. The lowest BCUT2D eigenvalue weighted by Gasteiger charge is -2.32. The van der Waals surface area contributed by atoms with E-state index in [0.29, 0.717) is 19.0 Å². The molecule has 0 aliphatic rings. The van der Waals surface area contributed by atoms with Crippen LogP contribution in [0.2, 0.25) is 0 Å². The Hall–Kier alpha value is -1.30. The number of nitrogens with zero attached hydrogens (tertiary/aromatic N) is 3. The first-order valence-corrected chi connectivity index (χ1v) is 6.56. The van der Waals surface area contributed by atoms with Gasteiger partial charge in [0.1, 0.15) is 6.04 Å². The van der Waals surface area contributed by atoms with Crippen LogP contribution < -0.4 is 0 Å². The third-order valence-corrected chi connectivity index (χ3v) is 2.91. The van der Waals surface area contributed by atoms with Gasteiger partial charge in [-0.25, -0.2) is 9.59 Å². The minimum Gasteiger partial charge on any atom is -0.480 e. The van der Waals surface area contributed by atoms with Crippen molar-refractivity contribution in [1.82, 2.24) is 14.7 Å². The Morgan fingerprint density at radius 2 is 1.58 bits per heavy atom. The number of carbonyl (C=O) groups excluding carboxylic acids is 1. The third kappa shape index (κ3) is 6.42. The van der Waals surface area contributed by atoms with E-state index < -0.39 is 12.0 Å². The minimum atomic E-state index is -0.993. The highest BCUT2D eigenvalue weighted by molar-refractivity contribution is 5.82. The van der Waals surface area contributed by atoms with E-state index in [1.165, 1.54) is 18.9 Å². The molecule has 112 valence electrons. The molecule has 0 heterocycles. The van der Waals surface area contributed by atoms with Gasteiger partial charge in [-0.3, -0.25) is 0 Å². The first-order valence-electron chi connectivity index (χ1n) is 6.56. The standard InChI is InChI=1S/C13H27N3O3/c1-10(2)9-16(8-7-14(4)5)13(19)15(6)11(3)12(17)18/h10-11H,7-9H2,1-6H3,(H,17,18). The zero-order chi connectivity index (χ0) is 15.2. The molecule has 0 spiro atoms. The van der Waals surface area contributed by atoms with Gasteiger partial charge in [0.2, 0.25) is 0 Å². The van der Waals surface area contributed by atoms with Gasteiger partial charge in [-0.2, -0.15) is 0 Å². The summed E-state index contributed by atoms with van der Waals surface area (Å²) in [4.78, 5) is 28.2. The monoisotopic (exact) mass is 273 g/mol. The number of aliphatic carboxylic acids is 1. The molecule has 0 radical (unpaired) electrons.